The molecule has 35 heavy (non-hydrogen) atoms. The summed E-state index contributed by atoms with van der Waals surface area (Å²) in [4.78, 5) is 20.4. The summed E-state index contributed by atoms with van der Waals surface area (Å²) >= 11 is 1.32. The Balaban J connectivity index is 1.66. The molecule has 180 valence electrons. The van der Waals surface area contributed by atoms with Gasteiger partial charge in [-0.3, -0.25) is 0 Å². The molecule has 0 spiro atoms. The zero-order valence-electron chi connectivity index (χ0n) is 19.8. The van der Waals surface area contributed by atoms with Crippen LogP contribution in [0.25, 0.3) is 6.08 Å². The molecule has 0 bridgehead atoms. The number of ether oxygens (including phenoxy) is 1. The van der Waals surface area contributed by atoms with Crippen molar-refractivity contribution in [2.24, 2.45) is 10.9 Å². The smallest absolute Gasteiger partial charge is 0.346 e. The second kappa shape index (κ2) is 9.46. The number of halogens is 2. The maximum atomic E-state index is 13.8. The van der Waals surface area contributed by atoms with E-state index in [0.717, 1.165) is 46.5 Å². The average Bonchev–Trinajstić information content (AvgIpc) is 3.16. The molecular weight excluding hydrogens is 466 g/mol. The molecule has 2 aliphatic heterocycles. The first-order chi connectivity index (χ1) is 16.9. The minimum Gasteiger partial charge on any atom is -0.462 e. The summed E-state index contributed by atoms with van der Waals surface area (Å²) in [6.45, 7) is 6.19. The van der Waals surface area contributed by atoms with Gasteiger partial charge in [-0.2, -0.15) is 0 Å². The molecule has 2 aromatic carbocycles. The van der Waals surface area contributed by atoms with Crippen LogP contribution < -0.4 is 0 Å². The van der Waals surface area contributed by atoms with E-state index in [1.807, 2.05) is 6.92 Å². The molecule has 5 rings (SSSR count). The van der Waals surface area contributed by atoms with E-state index in [2.05, 4.69) is 17.9 Å². The molecule has 2 atom stereocenters. The lowest BCUT2D eigenvalue weighted by molar-refractivity contribution is -0.137. The zero-order chi connectivity index (χ0) is 24.7. The first-order valence-corrected chi connectivity index (χ1v) is 12.6. The van der Waals surface area contributed by atoms with E-state index in [1.54, 1.807) is 31.2 Å². The topological polar surface area (TPSA) is 41.9 Å². The maximum Gasteiger partial charge on any atom is 0.346 e. The predicted octanol–water partition coefficient (Wildman–Crippen LogP) is 6.99. The molecule has 0 amide bonds. The third-order valence-corrected chi connectivity index (χ3v) is 7.62. The Bertz CT molecular complexity index is 1290. The largest absolute Gasteiger partial charge is 0.462 e. The summed E-state index contributed by atoms with van der Waals surface area (Å²) in [6.07, 6.45) is 3.74. The summed E-state index contributed by atoms with van der Waals surface area (Å²) in [5.74, 6) is -0.566. The number of benzene rings is 2. The number of rotatable bonds is 4. The quantitative estimate of drug-likeness (QED) is 0.432. The molecule has 0 unspecified atom stereocenters. The molecule has 0 N–H and O–H groups in total. The van der Waals surface area contributed by atoms with Crippen LogP contribution in [0.2, 0.25) is 0 Å². The molecular formula is C28H26F2N2O2S. The summed E-state index contributed by atoms with van der Waals surface area (Å²) < 4.78 is 32.6. The van der Waals surface area contributed by atoms with Crippen molar-refractivity contribution in [2.45, 2.75) is 39.7 Å². The number of nitrogens with zero attached hydrogens (tertiary/aromatic N) is 2. The van der Waals surface area contributed by atoms with E-state index in [-0.39, 0.29) is 23.6 Å². The van der Waals surface area contributed by atoms with E-state index < -0.39 is 0 Å². The van der Waals surface area contributed by atoms with Gasteiger partial charge in [0.05, 0.1) is 18.3 Å². The average molecular weight is 493 g/mol. The van der Waals surface area contributed by atoms with Gasteiger partial charge >= 0.3 is 5.97 Å². The Kier molecular flexibility index (Phi) is 6.36. The van der Waals surface area contributed by atoms with E-state index in [9.17, 15) is 13.6 Å². The van der Waals surface area contributed by atoms with Crippen molar-refractivity contribution in [1.82, 2.24) is 4.90 Å². The predicted molar refractivity (Wildman–Crippen MR) is 135 cm³/mol. The number of thioether (sulfide) groups is 1. The minimum absolute atomic E-state index is 0.211. The third kappa shape index (κ3) is 4.45. The van der Waals surface area contributed by atoms with E-state index in [4.69, 9.17) is 9.73 Å². The van der Waals surface area contributed by atoms with Crippen LogP contribution in [0.3, 0.4) is 0 Å². The van der Waals surface area contributed by atoms with Crippen LogP contribution in [0.4, 0.5) is 8.78 Å². The fourth-order valence-electron chi connectivity index (χ4n) is 4.98. The summed E-state index contributed by atoms with van der Waals surface area (Å²) in [6, 6.07) is 12.8. The van der Waals surface area contributed by atoms with E-state index >= 15 is 0 Å². The van der Waals surface area contributed by atoms with Crippen molar-refractivity contribution in [2.75, 3.05) is 6.61 Å². The van der Waals surface area contributed by atoms with Gasteiger partial charge in [-0.25, -0.2) is 18.6 Å². The Morgan fingerprint density at radius 3 is 2.43 bits per heavy atom. The highest BCUT2D eigenvalue weighted by Crippen LogP contribution is 2.52. The third-order valence-electron chi connectivity index (χ3n) is 6.49. The van der Waals surface area contributed by atoms with Crippen LogP contribution in [-0.4, -0.2) is 22.6 Å². The molecule has 2 heterocycles. The number of carbonyl (C=O) groups excluding carboxylic acids is 1. The molecule has 2 aromatic rings. The fraction of sp³-hybridized carbons (Fsp3) is 0.286. The van der Waals surface area contributed by atoms with Crippen LogP contribution in [0.1, 0.15) is 50.8 Å². The van der Waals surface area contributed by atoms with Gasteiger partial charge < -0.3 is 9.64 Å². The number of carbonyl (C=O) groups is 1. The van der Waals surface area contributed by atoms with Crippen molar-refractivity contribution < 1.29 is 18.3 Å². The summed E-state index contributed by atoms with van der Waals surface area (Å²) in [5.41, 5.74) is 5.74. The number of fused-ring (bicyclic) bond motifs is 1. The van der Waals surface area contributed by atoms with Crippen molar-refractivity contribution >= 4 is 29.0 Å². The minimum atomic E-state index is -0.363. The number of aliphatic imine (C=N–C) groups is 1. The second-order valence-corrected chi connectivity index (χ2v) is 10.0. The number of amidine groups is 1. The Hall–Kier alpha value is -3.19. The molecule has 0 radical (unpaired) electrons. The molecule has 0 aromatic heterocycles. The highest BCUT2D eigenvalue weighted by Gasteiger charge is 2.43. The van der Waals surface area contributed by atoms with Gasteiger partial charge in [0.25, 0.3) is 0 Å². The molecule has 4 nitrogen and oxygen atoms in total. The molecule has 3 aliphatic rings. The van der Waals surface area contributed by atoms with Crippen LogP contribution >= 0.6 is 11.8 Å². The van der Waals surface area contributed by atoms with Gasteiger partial charge in [0, 0.05) is 5.70 Å². The zero-order valence-corrected chi connectivity index (χ0v) is 20.7. The number of esters is 1. The second-order valence-electron chi connectivity index (χ2n) is 9.06. The Labute approximate surface area is 208 Å². The van der Waals surface area contributed by atoms with Crippen molar-refractivity contribution in [3.8, 4) is 0 Å². The Morgan fingerprint density at radius 2 is 1.77 bits per heavy atom. The molecule has 0 fully saturated rings. The van der Waals surface area contributed by atoms with E-state index in [1.165, 1.54) is 36.0 Å². The Morgan fingerprint density at radius 1 is 1.11 bits per heavy atom. The van der Waals surface area contributed by atoms with Crippen LogP contribution in [0.15, 0.2) is 81.0 Å². The maximum absolute atomic E-state index is 13.8. The van der Waals surface area contributed by atoms with Gasteiger partial charge in [-0.05, 0) is 97.0 Å². The fourth-order valence-corrected chi connectivity index (χ4v) is 6.02. The standard InChI is InChI=1S/C28H26F2N2O2S/c1-4-34-27(33)26-17(3)32-25(19-7-11-22(30)12-8-19)23-14-16(2)13-20(24(23)31-28(32)35-26)15-18-5-9-21(29)10-6-18/h5-12,15-16,25H,4,13-14H2,1-3H3/b20-15-/t16-,25-/m0/s1. The van der Waals surface area contributed by atoms with Gasteiger partial charge in [0.1, 0.15) is 16.5 Å². The van der Waals surface area contributed by atoms with Crippen LogP contribution in [0, 0.1) is 17.6 Å². The van der Waals surface area contributed by atoms with Crippen molar-refractivity contribution in [1.29, 1.82) is 0 Å². The highest BCUT2D eigenvalue weighted by atomic mass is 32.2. The molecule has 0 saturated carbocycles. The summed E-state index contributed by atoms with van der Waals surface area (Å²) in [7, 11) is 0. The van der Waals surface area contributed by atoms with Crippen molar-refractivity contribution in [3.05, 3.63) is 98.7 Å². The lowest BCUT2D eigenvalue weighted by atomic mass is 9.78. The summed E-state index contributed by atoms with van der Waals surface area (Å²) in [5, 5.41) is 0.707. The van der Waals surface area contributed by atoms with Crippen molar-refractivity contribution in [3.63, 3.8) is 0 Å². The molecule has 1 aliphatic carbocycles. The molecule has 7 heteroatoms. The first-order valence-electron chi connectivity index (χ1n) is 11.7. The highest BCUT2D eigenvalue weighted by molar-refractivity contribution is 8.18. The lowest BCUT2D eigenvalue weighted by Gasteiger charge is -2.40. The van der Waals surface area contributed by atoms with E-state index in [0.29, 0.717) is 22.6 Å². The van der Waals surface area contributed by atoms with Gasteiger partial charge in [0.2, 0.25) is 0 Å². The van der Waals surface area contributed by atoms with Gasteiger partial charge in [0.15, 0.2) is 5.17 Å². The van der Waals surface area contributed by atoms with Crippen LogP contribution in [-0.2, 0) is 9.53 Å². The first kappa shape index (κ1) is 23.5. The molecule has 0 saturated heterocycles. The SMILES string of the molecule is CCOC(=O)C1=C(C)N2C(=NC3=C(C[C@@H](C)C/C3=C/c3ccc(F)cc3)[C@@H]2c2ccc(F)cc2)S1. The number of hydrogen-bond donors (Lipinski definition) is 0. The van der Waals surface area contributed by atoms with Gasteiger partial charge in [-0.15, -0.1) is 0 Å². The normalized spacial score (nSPS) is 22.8. The number of hydrogen-bond acceptors (Lipinski definition) is 5. The number of allylic oxidation sites excluding steroid dienone is 2. The monoisotopic (exact) mass is 492 g/mol. The van der Waals surface area contributed by atoms with Crippen LogP contribution in [0.5, 0.6) is 0 Å². The van der Waals surface area contributed by atoms with Gasteiger partial charge in [-0.1, -0.05) is 31.2 Å². The lowest BCUT2D eigenvalue weighted by Crippen LogP contribution is -2.35.